The molecule has 3 aromatic carbocycles. The Bertz CT molecular complexity index is 1490. The van der Waals surface area contributed by atoms with Crippen molar-refractivity contribution in [1.29, 1.82) is 0 Å². The molecule has 3 heterocycles. The molecule has 7 heteroatoms. The molecule has 0 amide bonds. The van der Waals surface area contributed by atoms with Crippen LogP contribution in [0.4, 0.5) is 5.82 Å². The average molecular weight is 491 g/mol. The van der Waals surface area contributed by atoms with Gasteiger partial charge in [-0.1, -0.05) is 73.2 Å². The van der Waals surface area contributed by atoms with Crippen molar-refractivity contribution in [2.24, 2.45) is 0 Å². The lowest BCUT2D eigenvalue weighted by Crippen LogP contribution is -2.29. The van der Waals surface area contributed by atoms with Gasteiger partial charge in [0.25, 0.3) is 0 Å². The molecule has 5 aromatic rings. The number of nitrogen functional groups attached to an aromatic ring is 1. The summed E-state index contributed by atoms with van der Waals surface area (Å²) in [7, 11) is 0. The number of rotatable bonds is 7. The zero-order chi connectivity index (χ0) is 25.0. The van der Waals surface area contributed by atoms with Crippen LogP contribution >= 0.6 is 0 Å². The van der Waals surface area contributed by atoms with E-state index in [0.717, 1.165) is 40.5 Å². The van der Waals surface area contributed by atoms with E-state index in [1.165, 1.54) is 44.2 Å². The molecular weight excluding hydrogens is 460 g/mol. The van der Waals surface area contributed by atoms with Crippen molar-refractivity contribution in [2.75, 3.05) is 18.8 Å². The number of hydrogen-bond acceptors (Lipinski definition) is 6. The number of anilines is 1. The number of aromatic nitrogens is 4. The Kier molecular flexibility index (Phi) is 6.52. The largest absolute Gasteiger partial charge is 0.489 e. The zero-order valence-electron chi connectivity index (χ0n) is 20.8. The Hall–Kier alpha value is -4.23. The summed E-state index contributed by atoms with van der Waals surface area (Å²) in [5.74, 6) is 1.89. The molecule has 0 unspecified atom stereocenters. The Morgan fingerprint density at radius 3 is 2.43 bits per heavy atom. The van der Waals surface area contributed by atoms with E-state index in [2.05, 4.69) is 51.4 Å². The molecule has 37 heavy (non-hydrogen) atoms. The molecule has 1 aliphatic heterocycles. The normalized spacial score (nSPS) is 14.2. The lowest BCUT2D eigenvalue weighted by molar-refractivity contribution is 0.221. The summed E-state index contributed by atoms with van der Waals surface area (Å²) in [6.07, 6.45) is 5.40. The van der Waals surface area contributed by atoms with Crippen LogP contribution in [0.2, 0.25) is 0 Å². The van der Waals surface area contributed by atoms with E-state index in [1.54, 1.807) is 4.52 Å². The zero-order valence-corrected chi connectivity index (χ0v) is 20.8. The summed E-state index contributed by atoms with van der Waals surface area (Å²) in [4.78, 5) is 11.8. The van der Waals surface area contributed by atoms with Gasteiger partial charge in [-0.15, -0.1) is 0 Å². The van der Waals surface area contributed by atoms with Gasteiger partial charge in [0, 0.05) is 17.7 Å². The predicted octanol–water partition coefficient (Wildman–Crippen LogP) is 5.61. The van der Waals surface area contributed by atoms with Crippen LogP contribution in [-0.2, 0) is 13.2 Å². The third-order valence-corrected chi connectivity index (χ3v) is 6.88. The van der Waals surface area contributed by atoms with Gasteiger partial charge >= 0.3 is 0 Å². The first kappa shape index (κ1) is 23.2. The topological polar surface area (TPSA) is 81.6 Å². The molecule has 2 aromatic heterocycles. The fourth-order valence-electron chi connectivity index (χ4n) is 4.95. The van der Waals surface area contributed by atoms with E-state index in [1.807, 2.05) is 42.5 Å². The van der Waals surface area contributed by atoms with E-state index in [9.17, 15) is 0 Å². The molecule has 186 valence electrons. The summed E-state index contributed by atoms with van der Waals surface area (Å²) in [5, 5.41) is 4.50. The quantitative estimate of drug-likeness (QED) is 0.320. The molecule has 1 aliphatic rings. The van der Waals surface area contributed by atoms with E-state index < -0.39 is 0 Å². The average Bonchev–Trinajstić information content (AvgIpc) is 3.35. The third kappa shape index (κ3) is 5.04. The lowest BCUT2D eigenvalue weighted by Gasteiger charge is -2.26. The highest BCUT2D eigenvalue weighted by atomic mass is 16.5. The van der Waals surface area contributed by atoms with Gasteiger partial charge < -0.3 is 10.5 Å². The number of imidazole rings is 1. The van der Waals surface area contributed by atoms with E-state index in [0.29, 0.717) is 17.9 Å². The lowest BCUT2D eigenvalue weighted by atomic mass is 10.1. The molecule has 0 aliphatic carbocycles. The smallest absolute Gasteiger partial charge is 0.162 e. The monoisotopic (exact) mass is 490 g/mol. The molecule has 0 spiro atoms. The second-order valence-corrected chi connectivity index (χ2v) is 9.53. The maximum atomic E-state index is 6.34. The number of nitrogens with zero attached hydrogens (tertiary/aromatic N) is 5. The molecular formula is C30H30N6O. The first-order valence-corrected chi connectivity index (χ1v) is 12.8. The first-order valence-electron chi connectivity index (χ1n) is 12.8. The minimum Gasteiger partial charge on any atom is -0.489 e. The van der Waals surface area contributed by atoms with E-state index >= 15 is 0 Å². The van der Waals surface area contributed by atoms with Gasteiger partial charge in [-0.2, -0.15) is 5.10 Å². The fourth-order valence-corrected chi connectivity index (χ4v) is 4.95. The summed E-state index contributed by atoms with van der Waals surface area (Å²) in [6.45, 7) is 3.84. The highest BCUT2D eigenvalue weighted by Crippen LogP contribution is 2.33. The molecule has 1 saturated heterocycles. The fraction of sp³-hybridized carbons (Fsp3) is 0.233. The van der Waals surface area contributed by atoms with Gasteiger partial charge in [-0.25, -0.2) is 14.5 Å². The van der Waals surface area contributed by atoms with E-state index in [-0.39, 0.29) is 0 Å². The summed E-state index contributed by atoms with van der Waals surface area (Å²) in [5.41, 5.74) is 12.1. The summed E-state index contributed by atoms with van der Waals surface area (Å²) >= 11 is 0. The van der Waals surface area contributed by atoms with Crippen LogP contribution in [0.15, 0.2) is 85.2 Å². The SMILES string of the molecule is Nc1ncnn2c(-c3ccc(CN4CCCCC4)cc3)nc(-c3cccc(OCc4ccccc4)c3)c12. The van der Waals surface area contributed by atoms with Gasteiger partial charge in [-0.05, 0) is 49.2 Å². The second kappa shape index (κ2) is 10.4. The minimum atomic E-state index is 0.390. The molecule has 0 bridgehead atoms. The van der Waals surface area contributed by atoms with E-state index in [4.69, 9.17) is 15.5 Å². The standard InChI is InChI=1S/C30H30N6O/c31-29-28-27(25-10-7-11-26(18-25)37-20-23-8-3-1-4-9-23)34-30(36(28)33-21-32-29)24-14-12-22(13-15-24)19-35-16-5-2-6-17-35/h1,3-4,7-15,18,21H,2,5-6,16-17,19-20H2,(H2,31,32,33). The van der Waals surface area contributed by atoms with Crippen LogP contribution in [0.3, 0.4) is 0 Å². The maximum absolute atomic E-state index is 6.34. The van der Waals surface area contributed by atoms with Crippen molar-refractivity contribution in [3.05, 3.63) is 96.3 Å². The number of ether oxygens (including phenoxy) is 1. The van der Waals surface area contributed by atoms with Crippen LogP contribution in [0, 0.1) is 0 Å². The number of hydrogen-bond donors (Lipinski definition) is 1. The Morgan fingerprint density at radius 1 is 0.811 bits per heavy atom. The van der Waals surface area contributed by atoms with Gasteiger partial charge in [0.2, 0.25) is 0 Å². The van der Waals surface area contributed by atoms with Crippen molar-refractivity contribution >= 4 is 11.3 Å². The van der Waals surface area contributed by atoms with Crippen LogP contribution in [0.5, 0.6) is 5.75 Å². The van der Waals surface area contributed by atoms with Crippen LogP contribution in [-0.4, -0.2) is 37.6 Å². The Balaban J connectivity index is 1.31. The molecule has 6 rings (SSSR count). The number of benzene rings is 3. The van der Waals surface area contributed by atoms with Crippen molar-refractivity contribution in [3.8, 4) is 28.4 Å². The van der Waals surface area contributed by atoms with Gasteiger partial charge in [0.15, 0.2) is 11.6 Å². The molecule has 2 N–H and O–H groups in total. The van der Waals surface area contributed by atoms with Gasteiger partial charge in [-0.3, -0.25) is 4.90 Å². The van der Waals surface area contributed by atoms with Crippen molar-refractivity contribution < 1.29 is 4.74 Å². The number of likely N-dealkylation sites (tertiary alicyclic amines) is 1. The molecule has 0 saturated carbocycles. The van der Waals surface area contributed by atoms with Crippen molar-refractivity contribution in [2.45, 2.75) is 32.4 Å². The first-order chi connectivity index (χ1) is 18.2. The molecule has 7 nitrogen and oxygen atoms in total. The van der Waals surface area contributed by atoms with Crippen LogP contribution < -0.4 is 10.5 Å². The van der Waals surface area contributed by atoms with Gasteiger partial charge in [0.05, 0.1) is 0 Å². The molecule has 0 atom stereocenters. The summed E-state index contributed by atoms with van der Waals surface area (Å²) < 4.78 is 7.85. The highest BCUT2D eigenvalue weighted by molar-refractivity contribution is 5.87. The van der Waals surface area contributed by atoms with Crippen LogP contribution in [0.1, 0.15) is 30.4 Å². The molecule has 1 fully saturated rings. The van der Waals surface area contributed by atoms with Crippen LogP contribution in [0.25, 0.3) is 28.2 Å². The second-order valence-electron chi connectivity index (χ2n) is 9.53. The third-order valence-electron chi connectivity index (χ3n) is 6.88. The van der Waals surface area contributed by atoms with Crippen molar-refractivity contribution in [1.82, 2.24) is 24.5 Å². The molecule has 0 radical (unpaired) electrons. The Morgan fingerprint density at radius 2 is 1.62 bits per heavy atom. The highest BCUT2D eigenvalue weighted by Gasteiger charge is 2.19. The number of piperidine rings is 1. The predicted molar refractivity (Wildman–Crippen MR) is 146 cm³/mol. The van der Waals surface area contributed by atoms with Gasteiger partial charge in [0.1, 0.15) is 29.9 Å². The summed E-state index contributed by atoms with van der Waals surface area (Å²) in [6, 6.07) is 26.7. The number of fused-ring (bicyclic) bond motifs is 1. The maximum Gasteiger partial charge on any atom is 0.162 e. The Labute approximate surface area is 216 Å². The number of nitrogens with two attached hydrogens (primary N) is 1. The van der Waals surface area contributed by atoms with Crippen molar-refractivity contribution in [3.63, 3.8) is 0 Å². The minimum absolute atomic E-state index is 0.390.